The fourth-order valence-electron chi connectivity index (χ4n) is 3.69. The fraction of sp³-hybridized carbons (Fsp3) is 0.280. The smallest absolute Gasteiger partial charge is 0.261 e. The number of fused-ring (bicyclic) bond motifs is 1. The molecule has 0 fully saturated rings. The maximum atomic E-state index is 12.5. The summed E-state index contributed by atoms with van der Waals surface area (Å²) in [6.45, 7) is 7.55. The summed E-state index contributed by atoms with van der Waals surface area (Å²) in [5.74, 6) is 1.73. The summed E-state index contributed by atoms with van der Waals surface area (Å²) in [6.07, 6.45) is 0.840. The maximum Gasteiger partial charge on any atom is 0.261 e. The first-order chi connectivity index (χ1) is 15.0. The predicted molar refractivity (Wildman–Crippen MR) is 126 cm³/mol. The number of hydrogen-bond acceptors (Lipinski definition) is 4. The van der Waals surface area contributed by atoms with E-state index < -0.39 is 0 Å². The Morgan fingerprint density at radius 3 is 2.77 bits per heavy atom. The van der Waals surface area contributed by atoms with Gasteiger partial charge in [0.05, 0.1) is 28.6 Å². The maximum absolute atomic E-state index is 12.5. The van der Waals surface area contributed by atoms with Gasteiger partial charge in [-0.3, -0.25) is 4.79 Å². The minimum absolute atomic E-state index is 0.0700. The quantitative estimate of drug-likeness (QED) is 0.364. The molecule has 4 aromatic rings. The lowest BCUT2D eigenvalue weighted by Crippen LogP contribution is -2.28. The van der Waals surface area contributed by atoms with E-state index >= 15 is 0 Å². The van der Waals surface area contributed by atoms with Gasteiger partial charge in [0.1, 0.15) is 11.6 Å². The Morgan fingerprint density at radius 2 is 1.97 bits per heavy atom. The molecular formula is C25H27N3O2S. The summed E-state index contributed by atoms with van der Waals surface area (Å²) in [5.41, 5.74) is 4.42. The largest absolute Gasteiger partial charge is 0.493 e. The van der Waals surface area contributed by atoms with Crippen LogP contribution in [0.4, 0.5) is 0 Å². The Bertz CT molecular complexity index is 1180. The highest BCUT2D eigenvalue weighted by atomic mass is 32.1. The number of carbonyl (C=O) groups is 1. The van der Waals surface area contributed by atoms with Crippen LogP contribution in [0.25, 0.3) is 11.0 Å². The number of ether oxygens (including phenoxy) is 1. The zero-order chi connectivity index (χ0) is 21.8. The highest BCUT2D eigenvalue weighted by Gasteiger charge is 2.19. The van der Waals surface area contributed by atoms with Crippen LogP contribution in [-0.2, 0) is 6.54 Å². The van der Waals surface area contributed by atoms with Gasteiger partial charge in [-0.15, -0.1) is 11.3 Å². The third-order valence-corrected chi connectivity index (χ3v) is 6.37. The second-order valence-electron chi connectivity index (χ2n) is 7.68. The van der Waals surface area contributed by atoms with Crippen molar-refractivity contribution in [3.8, 4) is 5.75 Å². The van der Waals surface area contributed by atoms with Gasteiger partial charge in [-0.25, -0.2) is 4.98 Å². The Morgan fingerprint density at radius 1 is 1.13 bits per heavy atom. The van der Waals surface area contributed by atoms with Crippen molar-refractivity contribution in [3.63, 3.8) is 0 Å². The van der Waals surface area contributed by atoms with Crippen molar-refractivity contribution in [3.05, 3.63) is 81.8 Å². The number of nitrogens with zero attached hydrogens (tertiary/aromatic N) is 2. The van der Waals surface area contributed by atoms with Gasteiger partial charge in [0.15, 0.2) is 0 Å². The molecule has 0 aliphatic rings. The summed E-state index contributed by atoms with van der Waals surface area (Å²) in [5, 5.41) is 4.99. The molecule has 0 radical (unpaired) electrons. The minimum Gasteiger partial charge on any atom is -0.493 e. The Kier molecular flexibility index (Phi) is 6.37. The average Bonchev–Trinajstić information content (AvgIpc) is 3.42. The molecule has 0 saturated carbocycles. The summed E-state index contributed by atoms with van der Waals surface area (Å²) in [6, 6.07) is 17.7. The molecule has 0 bridgehead atoms. The number of nitrogens with one attached hydrogen (secondary N) is 1. The first-order valence-electron chi connectivity index (χ1n) is 10.5. The Labute approximate surface area is 186 Å². The van der Waals surface area contributed by atoms with Crippen LogP contribution in [0.2, 0.25) is 0 Å². The second kappa shape index (κ2) is 9.35. The monoisotopic (exact) mass is 433 g/mol. The van der Waals surface area contributed by atoms with Crippen LogP contribution in [0.1, 0.15) is 46.0 Å². The van der Waals surface area contributed by atoms with Crippen LogP contribution in [0.5, 0.6) is 5.75 Å². The Balaban J connectivity index is 1.48. The highest BCUT2D eigenvalue weighted by molar-refractivity contribution is 7.12. The van der Waals surface area contributed by atoms with Crippen molar-refractivity contribution in [1.82, 2.24) is 14.9 Å². The van der Waals surface area contributed by atoms with Crippen LogP contribution in [0.3, 0.4) is 0 Å². The number of imidazole rings is 1. The zero-order valence-electron chi connectivity index (χ0n) is 18.1. The van der Waals surface area contributed by atoms with E-state index in [1.165, 1.54) is 22.5 Å². The standard InChI is InChI=1S/C25H27N3O2S/c1-17-9-6-12-22(18(17)2)30-15-8-14-28-21-11-5-4-10-20(21)27-24(28)19(3)26-25(29)23-13-7-16-31-23/h4-7,9-13,16,19H,8,14-15H2,1-3H3,(H,26,29). The minimum atomic E-state index is -0.207. The molecule has 5 nitrogen and oxygen atoms in total. The number of para-hydroxylation sites is 2. The molecule has 0 aliphatic carbocycles. The van der Waals surface area contributed by atoms with Crippen LogP contribution in [0.15, 0.2) is 60.0 Å². The number of carbonyl (C=O) groups excluding carboxylic acids is 1. The van der Waals surface area contributed by atoms with E-state index in [0.717, 1.165) is 35.6 Å². The van der Waals surface area contributed by atoms with E-state index in [1.54, 1.807) is 0 Å². The van der Waals surface area contributed by atoms with E-state index in [-0.39, 0.29) is 11.9 Å². The predicted octanol–water partition coefficient (Wildman–Crippen LogP) is 5.67. The first kappa shape index (κ1) is 21.1. The molecule has 1 unspecified atom stereocenters. The summed E-state index contributed by atoms with van der Waals surface area (Å²) >= 11 is 1.44. The molecule has 2 aromatic heterocycles. The fourth-order valence-corrected chi connectivity index (χ4v) is 4.31. The van der Waals surface area contributed by atoms with E-state index in [9.17, 15) is 4.79 Å². The lowest BCUT2D eigenvalue weighted by atomic mass is 10.1. The van der Waals surface area contributed by atoms with E-state index in [1.807, 2.05) is 54.8 Å². The molecule has 4 rings (SSSR count). The first-order valence-corrected chi connectivity index (χ1v) is 11.4. The van der Waals surface area contributed by atoms with Gasteiger partial charge in [-0.05, 0) is 68.0 Å². The normalized spacial score (nSPS) is 12.1. The van der Waals surface area contributed by atoms with Gasteiger partial charge in [0, 0.05) is 6.54 Å². The molecule has 0 saturated heterocycles. The molecule has 1 amide bonds. The van der Waals surface area contributed by atoms with Crippen molar-refractivity contribution in [1.29, 1.82) is 0 Å². The Hall–Kier alpha value is -3.12. The van der Waals surface area contributed by atoms with Crippen molar-refractivity contribution < 1.29 is 9.53 Å². The summed E-state index contributed by atoms with van der Waals surface area (Å²) < 4.78 is 8.24. The highest BCUT2D eigenvalue weighted by Crippen LogP contribution is 2.23. The number of amides is 1. The molecule has 2 heterocycles. The zero-order valence-corrected chi connectivity index (χ0v) is 18.9. The molecule has 160 valence electrons. The van der Waals surface area contributed by atoms with Crippen molar-refractivity contribution in [2.24, 2.45) is 0 Å². The third kappa shape index (κ3) is 4.64. The van der Waals surface area contributed by atoms with Gasteiger partial charge in [-0.2, -0.15) is 0 Å². The molecule has 1 N–H and O–H groups in total. The number of thiophene rings is 1. The number of rotatable bonds is 8. The van der Waals surface area contributed by atoms with Gasteiger partial charge >= 0.3 is 0 Å². The molecule has 2 aromatic carbocycles. The molecule has 0 spiro atoms. The van der Waals surface area contributed by atoms with Gasteiger partial charge in [0.2, 0.25) is 0 Å². The molecule has 1 atom stereocenters. The second-order valence-corrected chi connectivity index (χ2v) is 8.63. The van der Waals surface area contributed by atoms with Crippen LogP contribution < -0.4 is 10.1 Å². The van der Waals surface area contributed by atoms with Crippen molar-refractivity contribution >= 4 is 28.3 Å². The number of aryl methyl sites for hydroxylation is 2. The topological polar surface area (TPSA) is 56.1 Å². The lowest BCUT2D eigenvalue weighted by molar-refractivity contribution is 0.0941. The molecule has 6 heteroatoms. The summed E-state index contributed by atoms with van der Waals surface area (Å²) in [4.78, 5) is 18.1. The molecular weight excluding hydrogens is 406 g/mol. The van der Waals surface area contributed by atoms with Gasteiger partial charge < -0.3 is 14.6 Å². The van der Waals surface area contributed by atoms with Crippen LogP contribution >= 0.6 is 11.3 Å². The lowest BCUT2D eigenvalue weighted by Gasteiger charge is -2.16. The molecule has 31 heavy (non-hydrogen) atoms. The van der Waals surface area contributed by atoms with Crippen LogP contribution in [-0.4, -0.2) is 22.1 Å². The van der Waals surface area contributed by atoms with Crippen LogP contribution in [0, 0.1) is 13.8 Å². The number of aromatic nitrogens is 2. The van der Waals surface area contributed by atoms with E-state index in [0.29, 0.717) is 11.5 Å². The SMILES string of the molecule is Cc1cccc(OCCCn2c(C(C)NC(=O)c3cccs3)nc3ccccc32)c1C. The average molecular weight is 434 g/mol. The molecule has 0 aliphatic heterocycles. The van der Waals surface area contributed by atoms with E-state index in [4.69, 9.17) is 9.72 Å². The third-order valence-electron chi connectivity index (χ3n) is 5.50. The van der Waals surface area contributed by atoms with E-state index in [2.05, 4.69) is 35.9 Å². The number of hydrogen-bond donors (Lipinski definition) is 1. The van der Waals surface area contributed by atoms with Crippen molar-refractivity contribution in [2.45, 2.75) is 39.8 Å². The van der Waals surface area contributed by atoms with Crippen molar-refractivity contribution in [2.75, 3.05) is 6.61 Å². The van der Waals surface area contributed by atoms with Gasteiger partial charge in [-0.1, -0.05) is 30.3 Å². The summed E-state index contributed by atoms with van der Waals surface area (Å²) in [7, 11) is 0. The number of benzene rings is 2. The van der Waals surface area contributed by atoms with Gasteiger partial charge in [0.25, 0.3) is 5.91 Å².